The zero-order valence-electron chi connectivity index (χ0n) is 19.6. The number of nitriles is 1. The zero-order chi connectivity index (χ0) is 25.5. The molecule has 3 N–H and O–H groups in total. The first-order valence-electron chi connectivity index (χ1n) is 10.9. The first-order valence-corrected chi connectivity index (χ1v) is 10.9. The lowest BCUT2D eigenvalue weighted by Gasteiger charge is -2.33. The molecule has 1 aromatic carbocycles. The maximum absolute atomic E-state index is 15.1. The minimum atomic E-state index is -1.08. The smallest absolute Gasteiger partial charge is 0.305 e. The Morgan fingerprint density at radius 3 is 2.69 bits per heavy atom. The fourth-order valence-electron chi connectivity index (χ4n) is 4.16. The van der Waals surface area contributed by atoms with E-state index in [1.807, 2.05) is 19.9 Å². The van der Waals surface area contributed by atoms with E-state index in [0.29, 0.717) is 22.2 Å². The molecule has 1 unspecified atom stereocenters. The summed E-state index contributed by atoms with van der Waals surface area (Å²) in [5.74, 6) is -2.55. The fraction of sp³-hybridized carbons (Fsp3) is 0.280. The summed E-state index contributed by atoms with van der Waals surface area (Å²) in [7, 11) is 1.75. The van der Waals surface area contributed by atoms with Crippen LogP contribution in [0.4, 0.5) is 14.6 Å². The standard InChI is InChI=1S/C25H24F2N6O2/c1-13-7-15-16(12-29-23(15)17(26)8-13)22-14(11-28)9-18(27)24(31-22)30-20(10-21(34)35)25(2,3)19-5-6-33(4)32-19/h5-9,12,20,29H,10H2,1-4H3,(H,30,31)(H,34,35). The van der Waals surface area contributed by atoms with Crippen molar-refractivity contribution in [2.24, 2.45) is 7.05 Å². The van der Waals surface area contributed by atoms with Gasteiger partial charge in [-0.05, 0) is 36.8 Å². The van der Waals surface area contributed by atoms with Crippen molar-refractivity contribution in [3.05, 3.63) is 65.1 Å². The molecule has 0 bridgehead atoms. The van der Waals surface area contributed by atoms with Gasteiger partial charge in [-0.15, -0.1) is 0 Å². The third kappa shape index (κ3) is 4.45. The van der Waals surface area contributed by atoms with E-state index in [1.165, 1.54) is 12.3 Å². The molecular weight excluding hydrogens is 454 g/mol. The Balaban J connectivity index is 1.83. The molecule has 4 rings (SSSR count). The van der Waals surface area contributed by atoms with Gasteiger partial charge in [-0.25, -0.2) is 13.8 Å². The van der Waals surface area contributed by atoms with Gasteiger partial charge < -0.3 is 15.4 Å². The number of pyridine rings is 1. The van der Waals surface area contributed by atoms with Crippen LogP contribution in [-0.4, -0.2) is 36.9 Å². The monoisotopic (exact) mass is 478 g/mol. The number of H-pyrrole nitrogens is 1. The van der Waals surface area contributed by atoms with E-state index in [4.69, 9.17) is 0 Å². The van der Waals surface area contributed by atoms with Crippen molar-refractivity contribution in [3.63, 3.8) is 0 Å². The third-order valence-corrected chi connectivity index (χ3v) is 6.17. The first kappa shape index (κ1) is 23.9. The van der Waals surface area contributed by atoms with Gasteiger partial charge in [0.15, 0.2) is 11.6 Å². The minimum absolute atomic E-state index is 0.0327. The maximum Gasteiger partial charge on any atom is 0.305 e. The van der Waals surface area contributed by atoms with Crippen LogP contribution in [0.25, 0.3) is 22.2 Å². The number of hydrogen-bond donors (Lipinski definition) is 3. The summed E-state index contributed by atoms with van der Waals surface area (Å²) in [6, 6.07) is 7.10. The first-order chi connectivity index (χ1) is 16.5. The van der Waals surface area contributed by atoms with Crippen molar-refractivity contribution in [1.82, 2.24) is 19.7 Å². The normalized spacial score (nSPS) is 12.5. The number of aromatic amines is 1. The second-order valence-electron chi connectivity index (χ2n) is 9.09. The predicted octanol–water partition coefficient (Wildman–Crippen LogP) is 4.65. The number of benzene rings is 1. The van der Waals surface area contributed by atoms with E-state index in [1.54, 1.807) is 37.0 Å². The lowest BCUT2D eigenvalue weighted by atomic mass is 9.79. The molecule has 0 aliphatic heterocycles. The second kappa shape index (κ2) is 8.83. The maximum atomic E-state index is 15.1. The van der Waals surface area contributed by atoms with Crippen LogP contribution in [-0.2, 0) is 17.3 Å². The molecule has 0 aliphatic rings. The Morgan fingerprint density at radius 2 is 2.06 bits per heavy atom. The molecule has 3 aromatic heterocycles. The molecule has 180 valence electrons. The Labute approximate surface area is 200 Å². The summed E-state index contributed by atoms with van der Waals surface area (Å²) >= 11 is 0. The Hall–Kier alpha value is -4.26. The molecule has 35 heavy (non-hydrogen) atoms. The van der Waals surface area contributed by atoms with Crippen LogP contribution in [0.1, 0.15) is 37.1 Å². The molecule has 0 spiro atoms. The molecule has 0 saturated heterocycles. The number of hydrogen-bond acceptors (Lipinski definition) is 5. The quantitative estimate of drug-likeness (QED) is 0.356. The fourth-order valence-corrected chi connectivity index (χ4v) is 4.16. The summed E-state index contributed by atoms with van der Waals surface area (Å²) in [5.41, 5.74) is 1.27. The number of anilines is 1. The van der Waals surface area contributed by atoms with Gasteiger partial charge in [0, 0.05) is 41.8 Å². The highest BCUT2D eigenvalue weighted by molar-refractivity contribution is 5.96. The van der Waals surface area contributed by atoms with E-state index in [-0.39, 0.29) is 29.0 Å². The number of carbonyl (C=O) groups is 1. The van der Waals surface area contributed by atoms with Crippen LogP contribution in [0.15, 0.2) is 36.7 Å². The topological polar surface area (TPSA) is 120 Å². The predicted molar refractivity (Wildman–Crippen MR) is 127 cm³/mol. The van der Waals surface area contributed by atoms with Gasteiger partial charge >= 0.3 is 5.97 Å². The number of halogens is 2. The number of fused-ring (bicyclic) bond motifs is 1. The molecule has 3 heterocycles. The summed E-state index contributed by atoms with van der Waals surface area (Å²) in [6.45, 7) is 5.36. The van der Waals surface area contributed by atoms with Gasteiger partial charge in [-0.1, -0.05) is 13.8 Å². The lowest BCUT2D eigenvalue weighted by Crippen LogP contribution is -2.42. The van der Waals surface area contributed by atoms with Gasteiger partial charge in [0.25, 0.3) is 0 Å². The van der Waals surface area contributed by atoms with Gasteiger partial charge in [0.05, 0.1) is 28.9 Å². The highest BCUT2D eigenvalue weighted by atomic mass is 19.1. The molecular formula is C25H24F2N6O2. The lowest BCUT2D eigenvalue weighted by molar-refractivity contribution is -0.137. The van der Waals surface area contributed by atoms with Gasteiger partial charge in [-0.2, -0.15) is 10.4 Å². The molecule has 0 fully saturated rings. The molecule has 0 radical (unpaired) electrons. The van der Waals surface area contributed by atoms with E-state index in [9.17, 15) is 19.6 Å². The molecule has 10 heteroatoms. The third-order valence-electron chi connectivity index (χ3n) is 6.17. The average molecular weight is 479 g/mol. The molecule has 4 aromatic rings. The number of nitrogens with one attached hydrogen (secondary N) is 2. The summed E-state index contributed by atoms with van der Waals surface area (Å²) in [6.07, 6.45) is 2.92. The number of aryl methyl sites for hydroxylation is 2. The summed E-state index contributed by atoms with van der Waals surface area (Å²) in [4.78, 5) is 18.9. The Morgan fingerprint density at radius 1 is 1.31 bits per heavy atom. The molecule has 0 saturated carbocycles. The number of carboxylic acids is 1. The zero-order valence-corrected chi connectivity index (χ0v) is 19.6. The number of aromatic nitrogens is 4. The van der Waals surface area contributed by atoms with E-state index in [2.05, 4.69) is 20.4 Å². The number of aliphatic carboxylic acids is 1. The van der Waals surface area contributed by atoms with Crippen molar-refractivity contribution in [2.75, 3.05) is 5.32 Å². The summed E-state index contributed by atoms with van der Waals surface area (Å²) in [5, 5.41) is 27.0. The van der Waals surface area contributed by atoms with Crippen LogP contribution in [0.2, 0.25) is 0 Å². The van der Waals surface area contributed by atoms with Crippen LogP contribution >= 0.6 is 0 Å². The number of nitrogens with zero attached hydrogens (tertiary/aromatic N) is 4. The number of rotatable bonds is 7. The van der Waals surface area contributed by atoms with Crippen LogP contribution in [0, 0.1) is 29.9 Å². The Kier molecular flexibility index (Phi) is 6.03. The van der Waals surface area contributed by atoms with Crippen LogP contribution in [0.5, 0.6) is 0 Å². The van der Waals surface area contributed by atoms with E-state index >= 15 is 4.39 Å². The number of carboxylic acid groups (broad SMARTS) is 1. The average Bonchev–Trinajstić information content (AvgIpc) is 3.40. The summed E-state index contributed by atoms with van der Waals surface area (Å²) < 4.78 is 31.1. The molecule has 0 amide bonds. The highest BCUT2D eigenvalue weighted by Crippen LogP contribution is 2.35. The van der Waals surface area contributed by atoms with Crippen molar-refractivity contribution >= 4 is 22.7 Å². The van der Waals surface area contributed by atoms with Gasteiger partial charge in [-0.3, -0.25) is 9.48 Å². The van der Waals surface area contributed by atoms with Crippen molar-refractivity contribution < 1.29 is 18.7 Å². The van der Waals surface area contributed by atoms with Crippen LogP contribution in [0.3, 0.4) is 0 Å². The van der Waals surface area contributed by atoms with Crippen LogP contribution < -0.4 is 5.32 Å². The van der Waals surface area contributed by atoms with Gasteiger partial charge in [0.1, 0.15) is 11.9 Å². The van der Waals surface area contributed by atoms with Crippen molar-refractivity contribution in [1.29, 1.82) is 5.26 Å². The highest BCUT2D eigenvalue weighted by Gasteiger charge is 2.36. The molecule has 0 aliphatic carbocycles. The minimum Gasteiger partial charge on any atom is -0.481 e. The SMILES string of the molecule is Cc1cc(F)c2[nH]cc(-c3nc(NC(CC(=O)O)C(C)(C)c4ccn(C)n4)c(F)cc3C#N)c2c1. The molecule has 8 nitrogen and oxygen atoms in total. The van der Waals surface area contributed by atoms with E-state index in [0.717, 1.165) is 6.07 Å². The molecule has 1 atom stereocenters. The largest absolute Gasteiger partial charge is 0.481 e. The van der Waals surface area contributed by atoms with Crippen molar-refractivity contribution in [2.45, 2.75) is 38.6 Å². The Bertz CT molecular complexity index is 1480. The second-order valence-corrected chi connectivity index (χ2v) is 9.09. The van der Waals surface area contributed by atoms with Gasteiger partial charge in [0.2, 0.25) is 0 Å². The van der Waals surface area contributed by atoms with Crippen molar-refractivity contribution in [3.8, 4) is 17.3 Å². The van der Waals surface area contributed by atoms with E-state index < -0.39 is 29.1 Å².